The molecule has 0 amide bonds. The van der Waals surface area contributed by atoms with Crippen molar-refractivity contribution in [3.05, 3.63) is 40.8 Å². The molecule has 0 radical (unpaired) electrons. The predicted molar refractivity (Wildman–Crippen MR) is 109 cm³/mol. The highest BCUT2D eigenvalue weighted by molar-refractivity contribution is 7.89. The van der Waals surface area contributed by atoms with E-state index in [2.05, 4.69) is 19.9 Å². The Morgan fingerprint density at radius 1 is 1.24 bits per heavy atom. The van der Waals surface area contributed by atoms with Crippen molar-refractivity contribution in [3.63, 3.8) is 0 Å². The molecule has 176 valence electrons. The summed E-state index contributed by atoms with van der Waals surface area (Å²) in [5.41, 5.74) is -0.378. The Kier molecular flexibility index (Phi) is 5.75. The van der Waals surface area contributed by atoms with Crippen LogP contribution in [0.1, 0.15) is 0 Å². The highest BCUT2D eigenvalue weighted by atomic mass is 32.2. The number of benzene rings is 1. The van der Waals surface area contributed by atoms with Crippen molar-refractivity contribution in [3.8, 4) is 5.75 Å². The number of hydrogen-bond acceptors (Lipinski definition) is 9. The minimum absolute atomic E-state index is 0.0729. The lowest BCUT2D eigenvalue weighted by Gasteiger charge is -2.38. The predicted octanol–water partition coefficient (Wildman–Crippen LogP) is 1.24. The number of fused-ring (bicyclic) bond motifs is 1. The molecule has 1 aliphatic rings. The molecule has 0 saturated carbocycles. The first kappa shape index (κ1) is 22.9. The number of halogens is 3. The maximum absolute atomic E-state index is 13.0. The van der Waals surface area contributed by atoms with Gasteiger partial charge in [0.15, 0.2) is 10.6 Å². The van der Waals surface area contributed by atoms with E-state index >= 15 is 0 Å². The molecule has 1 atom stereocenters. The maximum atomic E-state index is 13.0. The van der Waals surface area contributed by atoms with Gasteiger partial charge in [-0.15, -0.1) is 13.2 Å². The average molecular weight is 505 g/mol. The SMILES string of the molecule is O=C(O)[C@H]1CN(c2nc3c(=O)[nH]ncc3s2)CCN1S(=O)(=O)c1ccc(OC(F)(F)F)cc1. The lowest BCUT2D eigenvalue weighted by atomic mass is 10.2. The number of nitrogens with one attached hydrogen (secondary N) is 1. The Labute approximate surface area is 187 Å². The van der Waals surface area contributed by atoms with Crippen molar-refractivity contribution in [1.82, 2.24) is 19.5 Å². The van der Waals surface area contributed by atoms with E-state index in [9.17, 15) is 36.3 Å². The Balaban J connectivity index is 1.59. The molecule has 0 aliphatic carbocycles. The van der Waals surface area contributed by atoms with E-state index in [4.69, 9.17) is 0 Å². The van der Waals surface area contributed by atoms with Gasteiger partial charge in [-0.05, 0) is 24.3 Å². The highest BCUT2D eigenvalue weighted by Crippen LogP contribution is 2.31. The van der Waals surface area contributed by atoms with E-state index in [1.54, 1.807) is 4.90 Å². The summed E-state index contributed by atoms with van der Waals surface area (Å²) in [6, 6.07) is 1.99. The molecule has 11 nitrogen and oxygen atoms in total. The van der Waals surface area contributed by atoms with Gasteiger partial charge in [-0.1, -0.05) is 11.3 Å². The summed E-state index contributed by atoms with van der Waals surface area (Å²) in [6.45, 7) is -0.414. The van der Waals surface area contributed by atoms with Crippen molar-refractivity contribution < 1.29 is 36.2 Å². The van der Waals surface area contributed by atoms with Crippen LogP contribution in [-0.4, -0.2) is 71.0 Å². The number of piperazine rings is 1. The molecular weight excluding hydrogens is 491 g/mol. The van der Waals surface area contributed by atoms with Crippen LogP contribution in [0.15, 0.2) is 40.2 Å². The van der Waals surface area contributed by atoms with E-state index in [1.807, 2.05) is 0 Å². The molecule has 1 fully saturated rings. The number of aliphatic carboxylic acids is 1. The fraction of sp³-hybridized carbons (Fsp3) is 0.294. The average Bonchev–Trinajstić information content (AvgIpc) is 3.18. The standard InChI is InChI=1S/C17H14F3N5O6S2/c18-17(19,20)31-9-1-3-10(4-2-9)33(29,30)25-6-5-24(8-11(25)15(27)28)16-22-13-12(32-16)7-21-23-14(13)26/h1-4,7,11H,5-6,8H2,(H,23,26)(H,27,28)/t11-/m1/s1. The van der Waals surface area contributed by atoms with Gasteiger partial charge in [0.05, 0.1) is 15.8 Å². The second-order valence-electron chi connectivity index (χ2n) is 6.84. The van der Waals surface area contributed by atoms with Crippen LogP contribution in [0.25, 0.3) is 10.2 Å². The van der Waals surface area contributed by atoms with Crippen LogP contribution < -0.4 is 15.2 Å². The Hall–Kier alpha value is -3.24. The van der Waals surface area contributed by atoms with Gasteiger partial charge in [0.25, 0.3) is 5.56 Å². The lowest BCUT2D eigenvalue weighted by Crippen LogP contribution is -2.58. The van der Waals surface area contributed by atoms with E-state index in [0.29, 0.717) is 9.83 Å². The summed E-state index contributed by atoms with van der Waals surface area (Å²) < 4.78 is 68.0. The number of sulfonamides is 1. The summed E-state index contributed by atoms with van der Waals surface area (Å²) in [4.78, 5) is 29.1. The lowest BCUT2D eigenvalue weighted by molar-refractivity contribution is -0.274. The molecular formula is C17H14F3N5O6S2. The minimum atomic E-state index is -4.94. The quantitative estimate of drug-likeness (QED) is 0.523. The molecule has 0 unspecified atom stereocenters. The smallest absolute Gasteiger partial charge is 0.480 e. The van der Waals surface area contributed by atoms with Gasteiger partial charge in [-0.3, -0.25) is 9.59 Å². The van der Waals surface area contributed by atoms with E-state index in [0.717, 1.165) is 39.9 Å². The Morgan fingerprint density at radius 3 is 2.55 bits per heavy atom. The molecule has 0 spiro atoms. The van der Waals surface area contributed by atoms with Crippen LogP contribution in [0.5, 0.6) is 5.75 Å². The van der Waals surface area contributed by atoms with Gasteiger partial charge in [0.1, 0.15) is 11.8 Å². The van der Waals surface area contributed by atoms with Crippen molar-refractivity contribution in [1.29, 1.82) is 0 Å². The number of hydrogen-bond donors (Lipinski definition) is 2. The third-order valence-electron chi connectivity index (χ3n) is 4.76. The Morgan fingerprint density at radius 2 is 1.94 bits per heavy atom. The first-order valence-electron chi connectivity index (χ1n) is 9.15. The van der Waals surface area contributed by atoms with E-state index < -0.39 is 39.7 Å². The third kappa shape index (κ3) is 4.62. The van der Waals surface area contributed by atoms with Crippen molar-refractivity contribution in [2.75, 3.05) is 24.5 Å². The number of rotatable bonds is 5. The van der Waals surface area contributed by atoms with Gasteiger partial charge in [0, 0.05) is 19.6 Å². The number of carbonyl (C=O) groups is 1. The van der Waals surface area contributed by atoms with Crippen LogP contribution in [0.3, 0.4) is 0 Å². The van der Waals surface area contributed by atoms with Crippen LogP contribution in [-0.2, 0) is 14.8 Å². The Bertz CT molecular complexity index is 1360. The number of aromatic amines is 1. The molecule has 3 aromatic rings. The number of aromatic nitrogens is 3. The second-order valence-corrected chi connectivity index (χ2v) is 9.74. The number of ether oxygens (including phenoxy) is 1. The number of nitrogens with zero attached hydrogens (tertiary/aromatic N) is 4. The van der Waals surface area contributed by atoms with Crippen LogP contribution in [0.2, 0.25) is 0 Å². The molecule has 1 aliphatic heterocycles. The molecule has 1 aromatic carbocycles. The van der Waals surface area contributed by atoms with E-state index in [1.165, 1.54) is 6.20 Å². The first-order valence-corrected chi connectivity index (χ1v) is 11.4. The van der Waals surface area contributed by atoms with Crippen LogP contribution in [0, 0.1) is 0 Å². The summed E-state index contributed by atoms with van der Waals surface area (Å²) in [5, 5.41) is 15.9. The topological polar surface area (TPSA) is 146 Å². The largest absolute Gasteiger partial charge is 0.573 e. The summed E-state index contributed by atoms with van der Waals surface area (Å²) in [7, 11) is -4.35. The fourth-order valence-electron chi connectivity index (χ4n) is 3.29. The molecule has 2 N–H and O–H groups in total. The van der Waals surface area contributed by atoms with Crippen molar-refractivity contribution in [2.24, 2.45) is 0 Å². The summed E-state index contributed by atoms with van der Waals surface area (Å²) in [5.74, 6) is -2.03. The number of carboxylic acids is 1. The number of carboxylic acid groups (broad SMARTS) is 1. The van der Waals surface area contributed by atoms with Crippen LogP contribution >= 0.6 is 11.3 Å². The second kappa shape index (κ2) is 8.27. The first-order chi connectivity index (χ1) is 15.5. The molecule has 16 heteroatoms. The minimum Gasteiger partial charge on any atom is -0.480 e. The number of anilines is 1. The van der Waals surface area contributed by atoms with Gasteiger partial charge < -0.3 is 14.7 Å². The normalized spacial score (nSPS) is 17.9. The molecule has 2 aromatic heterocycles. The zero-order valence-electron chi connectivity index (χ0n) is 16.3. The molecule has 33 heavy (non-hydrogen) atoms. The van der Waals surface area contributed by atoms with Crippen molar-refractivity contribution >= 4 is 42.7 Å². The number of thiazole rings is 1. The van der Waals surface area contributed by atoms with Gasteiger partial charge in [-0.2, -0.15) is 9.40 Å². The fourth-order valence-corrected chi connectivity index (χ4v) is 5.82. The molecule has 1 saturated heterocycles. The van der Waals surface area contributed by atoms with E-state index in [-0.39, 0.29) is 30.0 Å². The number of alkyl halides is 3. The maximum Gasteiger partial charge on any atom is 0.573 e. The highest BCUT2D eigenvalue weighted by Gasteiger charge is 2.41. The molecule has 0 bridgehead atoms. The van der Waals surface area contributed by atoms with Crippen molar-refractivity contribution in [2.45, 2.75) is 17.3 Å². The van der Waals surface area contributed by atoms with Crippen LogP contribution in [0.4, 0.5) is 18.3 Å². The third-order valence-corrected chi connectivity index (χ3v) is 7.73. The summed E-state index contributed by atoms with van der Waals surface area (Å²) in [6.07, 6.45) is -3.54. The molecule has 4 rings (SSSR count). The number of H-pyrrole nitrogens is 1. The monoisotopic (exact) mass is 505 g/mol. The van der Waals surface area contributed by atoms with Gasteiger partial charge in [0.2, 0.25) is 10.0 Å². The molecule has 3 heterocycles. The zero-order valence-corrected chi connectivity index (χ0v) is 17.9. The van der Waals surface area contributed by atoms with Gasteiger partial charge in [-0.25, -0.2) is 18.5 Å². The zero-order chi connectivity index (χ0) is 24.0. The van der Waals surface area contributed by atoms with Gasteiger partial charge >= 0.3 is 12.3 Å². The summed E-state index contributed by atoms with van der Waals surface area (Å²) >= 11 is 1.11.